The molecule has 6 heteroatoms. The molecule has 1 N–H and O–H groups in total. The van der Waals surface area contributed by atoms with E-state index in [4.69, 9.17) is 4.74 Å². The lowest BCUT2D eigenvalue weighted by Gasteiger charge is -2.08. The maximum atomic E-state index is 12.1. The summed E-state index contributed by atoms with van der Waals surface area (Å²) in [5, 5.41) is 2.88. The fourth-order valence-electron chi connectivity index (χ4n) is 2.07. The minimum atomic E-state index is -0.0928. The summed E-state index contributed by atoms with van der Waals surface area (Å²) in [6.45, 7) is 2.39. The number of aromatic nitrogens is 2. The molecule has 0 saturated carbocycles. The third kappa shape index (κ3) is 3.78. The van der Waals surface area contributed by atoms with Crippen molar-refractivity contribution in [3.63, 3.8) is 0 Å². The maximum absolute atomic E-state index is 12.1. The van der Waals surface area contributed by atoms with Gasteiger partial charge >= 0.3 is 0 Å². The van der Waals surface area contributed by atoms with Crippen LogP contribution in [0, 0.1) is 6.92 Å². The molecule has 0 aliphatic heterocycles. The number of aryl methyl sites for hydroxylation is 2. The van der Waals surface area contributed by atoms with E-state index in [1.54, 1.807) is 6.20 Å². The molecule has 0 aliphatic carbocycles. The van der Waals surface area contributed by atoms with Crippen LogP contribution >= 0.6 is 11.3 Å². The van der Waals surface area contributed by atoms with Gasteiger partial charge in [0.15, 0.2) is 0 Å². The highest BCUT2D eigenvalue weighted by Gasteiger charge is 2.08. The van der Waals surface area contributed by atoms with Crippen LogP contribution in [0.2, 0.25) is 0 Å². The van der Waals surface area contributed by atoms with Crippen LogP contribution in [0.4, 0.5) is 5.69 Å². The Bertz CT molecular complexity index is 805. The second kappa shape index (κ2) is 6.66. The van der Waals surface area contributed by atoms with Crippen LogP contribution in [0.25, 0.3) is 0 Å². The second-order valence-corrected chi connectivity index (χ2v) is 6.42. The molecule has 23 heavy (non-hydrogen) atoms. The Morgan fingerprint density at radius 1 is 1.26 bits per heavy atom. The van der Waals surface area contributed by atoms with Crippen molar-refractivity contribution in [3.05, 3.63) is 64.4 Å². The van der Waals surface area contributed by atoms with Crippen molar-refractivity contribution in [1.29, 1.82) is 0 Å². The van der Waals surface area contributed by atoms with E-state index in [0.29, 0.717) is 11.5 Å². The summed E-state index contributed by atoms with van der Waals surface area (Å²) in [7, 11) is 1.93. The molecule has 118 valence electrons. The molecule has 0 saturated heterocycles. The number of ether oxygens (including phenoxy) is 1. The molecule has 0 aliphatic rings. The molecule has 0 atom stereocenters. The van der Waals surface area contributed by atoms with Gasteiger partial charge in [0.1, 0.15) is 18.2 Å². The van der Waals surface area contributed by atoms with Gasteiger partial charge in [-0.1, -0.05) is 0 Å². The first-order valence-electron chi connectivity index (χ1n) is 7.18. The van der Waals surface area contributed by atoms with Gasteiger partial charge in [-0.25, -0.2) is 4.98 Å². The highest BCUT2D eigenvalue weighted by atomic mass is 32.1. The van der Waals surface area contributed by atoms with Gasteiger partial charge in [-0.15, -0.1) is 11.3 Å². The lowest BCUT2D eigenvalue weighted by Crippen LogP contribution is -2.10. The Balaban J connectivity index is 1.58. The van der Waals surface area contributed by atoms with Crippen LogP contribution in [-0.4, -0.2) is 15.5 Å². The minimum Gasteiger partial charge on any atom is -0.486 e. The van der Waals surface area contributed by atoms with Crippen molar-refractivity contribution in [1.82, 2.24) is 9.55 Å². The number of imidazole rings is 1. The zero-order valence-corrected chi connectivity index (χ0v) is 13.8. The highest BCUT2D eigenvalue weighted by molar-refractivity contribution is 7.14. The third-order valence-electron chi connectivity index (χ3n) is 3.37. The Hall–Kier alpha value is -2.60. The molecule has 3 rings (SSSR count). The van der Waals surface area contributed by atoms with Gasteiger partial charge in [0, 0.05) is 30.0 Å². The van der Waals surface area contributed by atoms with Gasteiger partial charge in [-0.3, -0.25) is 4.79 Å². The lowest BCUT2D eigenvalue weighted by molar-refractivity contribution is 0.103. The van der Waals surface area contributed by atoms with Crippen LogP contribution in [-0.2, 0) is 13.7 Å². The summed E-state index contributed by atoms with van der Waals surface area (Å²) >= 11 is 1.48. The number of carbonyl (C=O) groups is 1. The number of amides is 1. The van der Waals surface area contributed by atoms with Crippen molar-refractivity contribution < 1.29 is 9.53 Å². The van der Waals surface area contributed by atoms with E-state index < -0.39 is 0 Å². The number of rotatable bonds is 5. The van der Waals surface area contributed by atoms with Crippen LogP contribution in [0.3, 0.4) is 0 Å². The van der Waals surface area contributed by atoms with E-state index >= 15 is 0 Å². The Labute approximate surface area is 138 Å². The minimum absolute atomic E-state index is 0.0928. The molecule has 0 unspecified atom stereocenters. The first kappa shape index (κ1) is 15.3. The largest absolute Gasteiger partial charge is 0.486 e. The zero-order chi connectivity index (χ0) is 16.2. The SMILES string of the molecule is Cc1ccc(C(=O)Nc2ccc(OCc3nccn3C)cc2)s1. The van der Waals surface area contributed by atoms with Crippen molar-refractivity contribution in [2.75, 3.05) is 5.32 Å². The van der Waals surface area contributed by atoms with Gasteiger partial charge in [0.25, 0.3) is 5.91 Å². The van der Waals surface area contributed by atoms with E-state index in [0.717, 1.165) is 22.1 Å². The Kier molecular flexibility index (Phi) is 4.43. The Morgan fingerprint density at radius 3 is 2.65 bits per heavy atom. The summed E-state index contributed by atoms with van der Waals surface area (Å²) in [5.74, 6) is 1.50. The molecule has 0 fully saturated rings. The summed E-state index contributed by atoms with van der Waals surface area (Å²) < 4.78 is 7.60. The van der Waals surface area contributed by atoms with E-state index in [1.807, 2.05) is 61.1 Å². The van der Waals surface area contributed by atoms with E-state index in [-0.39, 0.29) is 5.91 Å². The zero-order valence-electron chi connectivity index (χ0n) is 12.9. The smallest absolute Gasteiger partial charge is 0.265 e. The normalized spacial score (nSPS) is 10.5. The van der Waals surface area contributed by atoms with Crippen LogP contribution in [0.15, 0.2) is 48.8 Å². The number of nitrogens with zero attached hydrogens (tertiary/aromatic N) is 2. The number of hydrogen-bond acceptors (Lipinski definition) is 4. The van der Waals surface area contributed by atoms with Gasteiger partial charge < -0.3 is 14.6 Å². The number of nitrogens with one attached hydrogen (secondary N) is 1. The van der Waals surface area contributed by atoms with Crippen molar-refractivity contribution in [2.24, 2.45) is 7.05 Å². The number of hydrogen-bond donors (Lipinski definition) is 1. The summed E-state index contributed by atoms with van der Waals surface area (Å²) in [4.78, 5) is 18.1. The predicted octanol–water partition coefficient (Wildman–Crippen LogP) is 3.62. The molecule has 0 radical (unpaired) electrons. The fourth-order valence-corrected chi connectivity index (χ4v) is 2.83. The standard InChI is InChI=1S/C17H17N3O2S/c1-12-3-8-15(23-12)17(21)19-13-4-6-14(7-5-13)22-11-16-18-9-10-20(16)2/h3-10H,11H2,1-2H3,(H,19,21). The fraction of sp³-hybridized carbons (Fsp3) is 0.176. The van der Waals surface area contributed by atoms with E-state index in [2.05, 4.69) is 10.3 Å². The maximum Gasteiger partial charge on any atom is 0.265 e. The first-order chi connectivity index (χ1) is 11.1. The summed E-state index contributed by atoms with van der Waals surface area (Å²) in [5.41, 5.74) is 0.741. The summed E-state index contributed by atoms with van der Waals surface area (Å²) in [6, 6.07) is 11.1. The van der Waals surface area contributed by atoms with Crippen LogP contribution in [0.5, 0.6) is 5.75 Å². The predicted molar refractivity (Wildman–Crippen MR) is 91.0 cm³/mol. The summed E-state index contributed by atoms with van der Waals surface area (Å²) in [6.07, 6.45) is 3.62. The van der Waals surface area contributed by atoms with Crippen molar-refractivity contribution in [2.45, 2.75) is 13.5 Å². The topological polar surface area (TPSA) is 56.1 Å². The van der Waals surface area contributed by atoms with Crippen molar-refractivity contribution in [3.8, 4) is 5.75 Å². The first-order valence-corrected chi connectivity index (χ1v) is 8.00. The lowest BCUT2D eigenvalue weighted by atomic mass is 10.3. The van der Waals surface area contributed by atoms with E-state index in [9.17, 15) is 4.79 Å². The molecule has 1 aromatic carbocycles. The van der Waals surface area contributed by atoms with E-state index in [1.165, 1.54) is 11.3 Å². The molecule has 3 aromatic rings. The quantitative estimate of drug-likeness (QED) is 0.778. The third-order valence-corrected chi connectivity index (χ3v) is 4.36. The molecule has 2 heterocycles. The number of benzene rings is 1. The molecule has 5 nitrogen and oxygen atoms in total. The van der Waals surface area contributed by atoms with Gasteiger partial charge in [-0.2, -0.15) is 0 Å². The Morgan fingerprint density at radius 2 is 2.04 bits per heavy atom. The monoisotopic (exact) mass is 327 g/mol. The average Bonchev–Trinajstić information content (AvgIpc) is 3.15. The van der Waals surface area contributed by atoms with Crippen LogP contribution < -0.4 is 10.1 Å². The second-order valence-electron chi connectivity index (χ2n) is 5.13. The molecule has 1 amide bonds. The van der Waals surface area contributed by atoms with Crippen molar-refractivity contribution >= 4 is 22.9 Å². The average molecular weight is 327 g/mol. The highest BCUT2D eigenvalue weighted by Crippen LogP contribution is 2.20. The molecule has 2 aromatic heterocycles. The number of carbonyl (C=O) groups excluding carboxylic acids is 1. The van der Waals surface area contributed by atoms with Gasteiger partial charge in [0.2, 0.25) is 0 Å². The molecule has 0 spiro atoms. The molecular weight excluding hydrogens is 310 g/mol. The van der Waals surface area contributed by atoms with Gasteiger partial charge in [0.05, 0.1) is 4.88 Å². The number of anilines is 1. The van der Waals surface area contributed by atoms with Gasteiger partial charge in [-0.05, 0) is 43.3 Å². The molecular formula is C17H17N3O2S. The number of thiophene rings is 1. The molecule has 0 bridgehead atoms. The van der Waals surface area contributed by atoms with Crippen LogP contribution in [0.1, 0.15) is 20.4 Å².